The number of anilines is 2. The van der Waals surface area contributed by atoms with Crippen molar-refractivity contribution >= 4 is 11.4 Å². The van der Waals surface area contributed by atoms with Gasteiger partial charge in [-0.2, -0.15) is 0 Å². The summed E-state index contributed by atoms with van der Waals surface area (Å²) < 4.78 is 13.0. The van der Waals surface area contributed by atoms with Crippen LogP contribution < -0.4 is 10.6 Å². The van der Waals surface area contributed by atoms with Gasteiger partial charge in [0.15, 0.2) is 0 Å². The molecule has 1 unspecified atom stereocenters. The van der Waals surface area contributed by atoms with E-state index in [1.54, 1.807) is 12.1 Å². The molecular formula is C18H24FN3. The smallest absolute Gasteiger partial charge is 0.123 e. The monoisotopic (exact) mass is 301 g/mol. The number of hydrogen-bond donors (Lipinski definition) is 2. The van der Waals surface area contributed by atoms with E-state index >= 15 is 0 Å². The molecule has 0 bridgehead atoms. The summed E-state index contributed by atoms with van der Waals surface area (Å²) in [5.41, 5.74) is 3.17. The van der Waals surface area contributed by atoms with Gasteiger partial charge in [0.1, 0.15) is 5.82 Å². The largest absolute Gasteiger partial charge is 0.382 e. The van der Waals surface area contributed by atoms with Crippen LogP contribution in [0.1, 0.15) is 32.8 Å². The zero-order valence-electron chi connectivity index (χ0n) is 13.4. The van der Waals surface area contributed by atoms with E-state index in [-0.39, 0.29) is 5.82 Å². The highest BCUT2D eigenvalue weighted by Crippen LogP contribution is 2.16. The summed E-state index contributed by atoms with van der Waals surface area (Å²) >= 11 is 0. The molecule has 118 valence electrons. The molecule has 0 radical (unpaired) electrons. The molecule has 4 heteroatoms. The molecule has 0 aliphatic rings. The first-order valence-corrected chi connectivity index (χ1v) is 7.79. The minimum atomic E-state index is -0.213. The van der Waals surface area contributed by atoms with E-state index in [2.05, 4.69) is 42.5 Å². The third kappa shape index (κ3) is 5.02. The van der Waals surface area contributed by atoms with Gasteiger partial charge >= 0.3 is 0 Å². The summed E-state index contributed by atoms with van der Waals surface area (Å²) in [5, 5.41) is 6.82. The number of halogens is 1. The van der Waals surface area contributed by atoms with Crippen molar-refractivity contribution in [2.45, 2.75) is 45.7 Å². The number of aromatic nitrogens is 1. The van der Waals surface area contributed by atoms with Gasteiger partial charge in [0, 0.05) is 30.2 Å². The maximum Gasteiger partial charge on any atom is 0.123 e. The van der Waals surface area contributed by atoms with E-state index in [4.69, 9.17) is 0 Å². The Morgan fingerprint density at radius 2 is 1.77 bits per heavy atom. The third-order valence-electron chi connectivity index (χ3n) is 3.44. The summed E-state index contributed by atoms with van der Waals surface area (Å²) in [5.74, 6) is -0.213. The van der Waals surface area contributed by atoms with Crippen molar-refractivity contribution in [2.75, 3.05) is 10.6 Å². The molecule has 2 N–H and O–H groups in total. The van der Waals surface area contributed by atoms with Crippen LogP contribution in [0.3, 0.4) is 0 Å². The van der Waals surface area contributed by atoms with E-state index in [1.165, 1.54) is 17.7 Å². The minimum absolute atomic E-state index is 0.213. The van der Waals surface area contributed by atoms with Gasteiger partial charge in [-0.15, -0.1) is 0 Å². The van der Waals surface area contributed by atoms with Crippen molar-refractivity contribution in [1.29, 1.82) is 0 Å². The molecule has 1 aromatic carbocycles. The van der Waals surface area contributed by atoms with E-state index < -0.39 is 0 Å². The maximum atomic E-state index is 13.0. The average molecular weight is 301 g/mol. The van der Waals surface area contributed by atoms with Gasteiger partial charge in [-0.05, 0) is 62.6 Å². The van der Waals surface area contributed by atoms with Gasteiger partial charge in [-0.1, -0.05) is 6.92 Å². The molecule has 0 amide bonds. The Balaban J connectivity index is 2.01. The summed E-state index contributed by atoms with van der Waals surface area (Å²) in [7, 11) is 0. The van der Waals surface area contributed by atoms with Crippen LogP contribution in [0.2, 0.25) is 0 Å². The quantitative estimate of drug-likeness (QED) is 0.792. The minimum Gasteiger partial charge on any atom is -0.382 e. The van der Waals surface area contributed by atoms with Crippen LogP contribution in [0.25, 0.3) is 0 Å². The molecule has 2 aromatic rings. The van der Waals surface area contributed by atoms with Crippen molar-refractivity contribution < 1.29 is 4.39 Å². The van der Waals surface area contributed by atoms with E-state index in [1.807, 2.05) is 12.4 Å². The molecule has 0 aliphatic carbocycles. The number of hydrogen-bond acceptors (Lipinski definition) is 3. The number of nitrogens with one attached hydrogen (secondary N) is 2. The molecule has 0 saturated heterocycles. The predicted octanol–water partition coefficient (Wildman–Crippen LogP) is 4.47. The zero-order valence-corrected chi connectivity index (χ0v) is 13.4. The van der Waals surface area contributed by atoms with E-state index in [9.17, 15) is 4.39 Å². The van der Waals surface area contributed by atoms with Gasteiger partial charge in [-0.25, -0.2) is 4.39 Å². The third-order valence-corrected chi connectivity index (χ3v) is 3.44. The second-order valence-electron chi connectivity index (χ2n) is 5.84. The van der Waals surface area contributed by atoms with Crippen molar-refractivity contribution in [1.82, 2.24) is 4.98 Å². The Kier molecular flexibility index (Phi) is 5.75. The van der Waals surface area contributed by atoms with Crippen molar-refractivity contribution in [3.05, 3.63) is 54.1 Å². The van der Waals surface area contributed by atoms with Gasteiger partial charge in [0.05, 0.1) is 5.69 Å². The van der Waals surface area contributed by atoms with Gasteiger partial charge in [0.2, 0.25) is 0 Å². The van der Waals surface area contributed by atoms with Gasteiger partial charge < -0.3 is 10.6 Å². The van der Waals surface area contributed by atoms with Crippen LogP contribution in [0, 0.1) is 5.82 Å². The molecule has 0 fully saturated rings. The summed E-state index contributed by atoms with van der Waals surface area (Å²) in [4.78, 5) is 4.30. The molecule has 1 atom stereocenters. The first-order chi connectivity index (χ1) is 10.6. The Hall–Kier alpha value is -2.10. The summed E-state index contributed by atoms with van der Waals surface area (Å²) in [6.07, 6.45) is 5.62. The molecule has 0 aliphatic heterocycles. The Bertz CT molecular complexity index is 581. The predicted molar refractivity (Wildman–Crippen MR) is 90.8 cm³/mol. The Morgan fingerprint density at radius 3 is 2.41 bits per heavy atom. The first kappa shape index (κ1) is 16.3. The number of pyridine rings is 1. The molecule has 1 heterocycles. The van der Waals surface area contributed by atoms with Crippen LogP contribution in [0.5, 0.6) is 0 Å². The standard InChI is InChI=1S/C18H24FN3/c1-4-16(22-17-7-5-15(19)6-8-17)9-14-10-18(12-20-11-14)21-13(2)3/h5-8,10-13,16,21-22H,4,9H2,1-3H3. The first-order valence-electron chi connectivity index (χ1n) is 7.79. The second kappa shape index (κ2) is 7.78. The summed E-state index contributed by atoms with van der Waals surface area (Å²) in [6.45, 7) is 6.36. The van der Waals surface area contributed by atoms with Crippen molar-refractivity contribution in [3.63, 3.8) is 0 Å². The fraction of sp³-hybridized carbons (Fsp3) is 0.389. The highest BCUT2D eigenvalue weighted by Gasteiger charge is 2.09. The average Bonchev–Trinajstić information content (AvgIpc) is 2.48. The fourth-order valence-electron chi connectivity index (χ4n) is 2.38. The van der Waals surface area contributed by atoms with Crippen LogP contribution in [0.4, 0.5) is 15.8 Å². The van der Waals surface area contributed by atoms with Gasteiger partial charge in [0.25, 0.3) is 0 Å². The van der Waals surface area contributed by atoms with Crippen LogP contribution in [-0.2, 0) is 6.42 Å². The fourth-order valence-corrected chi connectivity index (χ4v) is 2.38. The second-order valence-corrected chi connectivity index (χ2v) is 5.84. The van der Waals surface area contributed by atoms with Crippen molar-refractivity contribution in [3.8, 4) is 0 Å². The Morgan fingerprint density at radius 1 is 1.05 bits per heavy atom. The normalized spacial score (nSPS) is 12.2. The SMILES string of the molecule is CCC(Cc1cncc(NC(C)C)c1)Nc1ccc(F)cc1. The maximum absolute atomic E-state index is 13.0. The highest BCUT2D eigenvalue weighted by molar-refractivity contribution is 5.46. The number of rotatable bonds is 7. The Labute approximate surface area is 132 Å². The van der Waals surface area contributed by atoms with Gasteiger partial charge in [-0.3, -0.25) is 4.98 Å². The lowest BCUT2D eigenvalue weighted by atomic mass is 10.0. The van der Waals surface area contributed by atoms with Crippen LogP contribution in [0.15, 0.2) is 42.7 Å². The van der Waals surface area contributed by atoms with E-state index in [0.717, 1.165) is 24.2 Å². The summed E-state index contributed by atoms with van der Waals surface area (Å²) in [6, 6.07) is 9.31. The molecule has 0 spiro atoms. The van der Waals surface area contributed by atoms with E-state index in [0.29, 0.717) is 12.1 Å². The number of benzene rings is 1. The molecular weight excluding hydrogens is 277 g/mol. The molecule has 3 nitrogen and oxygen atoms in total. The van der Waals surface area contributed by atoms with Crippen LogP contribution in [-0.4, -0.2) is 17.1 Å². The highest BCUT2D eigenvalue weighted by atomic mass is 19.1. The molecule has 22 heavy (non-hydrogen) atoms. The lowest BCUT2D eigenvalue weighted by molar-refractivity contribution is 0.627. The zero-order chi connectivity index (χ0) is 15.9. The topological polar surface area (TPSA) is 37.0 Å². The number of nitrogens with zero attached hydrogens (tertiary/aromatic N) is 1. The lowest BCUT2D eigenvalue weighted by Gasteiger charge is -2.19. The molecule has 0 saturated carbocycles. The lowest BCUT2D eigenvalue weighted by Crippen LogP contribution is -2.21. The molecule has 2 rings (SSSR count). The van der Waals surface area contributed by atoms with Crippen molar-refractivity contribution in [2.24, 2.45) is 0 Å². The molecule has 1 aromatic heterocycles. The van der Waals surface area contributed by atoms with Crippen LogP contribution >= 0.6 is 0 Å².